The predicted octanol–water partition coefficient (Wildman–Crippen LogP) is 16.8. The van der Waals surface area contributed by atoms with Gasteiger partial charge in [0.15, 0.2) is 0 Å². The number of hydrogen-bond donors (Lipinski definition) is 0. The highest BCUT2D eigenvalue weighted by Crippen LogP contribution is 2.46. The van der Waals surface area contributed by atoms with Crippen LogP contribution in [0, 0.1) is 41.5 Å². The molecule has 0 atom stereocenters. The van der Waals surface area contributed by atoms with Gasteiger partial charge in [0.2, 0.25) is 0 Å². The van der Waals surface area contributed by atoms with Crippen LogP contribution in [0.25, 0.3) is 97.6 Å². The van der Waals surface area contributed by atoms with Crippen LogP contribution in [0.1, 0.15) is 59.7 Å². The number of hydrogen-bond acceptors (Lipinski definition) is 4. The first kappa shape index (κ1) is 40.2. The highest BCUT2D eigenvalue weighted by molar-refractivity contribution is 7.26. The summed E-state index contributed by atoms with van der Waals surface area (Å²) in [5, 5.41) is 8.20. The summed E-state index contributed by atoms with van der Waals surface area (Å²) in [7, 11) is 0. The van der Waals surface area contributed by atoms with Crippen molar-refractivity contribution in [3.05, 3.63) is 179 Å². The van der Waals surface area contributed by atoms with E-state index >= 15 is 0 Å². The maximum absolute atomic E-state index is 7.00. The van der Waals surface area contributed by atoms with Crippen molar-refractivity contribution in [3.8, 4) is 39.8 Å². The smallest absolute Gasteiger partial charge is 0.146 e. The molecule has 0 unspecified atom stereocenters. The zero-order chi connectivity index (χ0) is 45.3. The number of imidazole rings is 1. The standard InChI is InChI=1S/C60H50N4OS/c1-33-26-35(3)53(36(4)27-33)56-58(54-37(5)28-34(2)29-38(54)6)64-48-16-12-10-14-43(48)42-20-18-40(31-47(42)59(64)62-56)65-41-19-21-44-45-22-23-51-55(46-15-11-13-17-50(46)66-51)57(45)63(49(44)32-41)52-30-39(24-25-61-52)60(7,8)9/h10-32H,1-9H3. The molecule has 66 heavy (non-hydrogen) atoms. The van der Waals surface area contributed by atoms with Gasteiger partial charge in [-0.05, 0) is 141 Å². The lowest BCUT2D eigenvalue weighted by molar-refractivity contribution is 0.484. The maximum Gasteiger partial charge on any atom is 0.146 e. The number of fused-ring (bicyclic) bond motifs is 13. The van der Waals surface area contributed by atoms with Gasteiger partial charge >= 0.3 is 0 Å². The molecule has 0 saturated heterocycles. The number of para-hydroxylation sites is 1. The summed E-state index contributed by atoms with van der Waals surface area (Å²) in [6, 6.07) is 48.7. The second-order valence-corrected chi connectivity index (χ2v) is 20.5. The van der Waals surface area contributed by atoms with Crippen LogP contribution in [-0.4, -0.2) is 18.9 Å². The SMILES string of the molecule is Cc1cc(C)c(-c2nc3c4cc(Oc5ccc6c7ccc8sc9ccccc9c8c7n(-c7cc(C(C)(C)C)ccn7)c6c5)ccc4c4ccccc4n3c2-c2c(C)cc(C)cc2C)c(C)c1. The van der Waals surface area contributed by atoms with Crippen molar-refractivity contribution in [2.75, 3.05) is 0 Å². The van der Waals surface area contributed by atoms with E-state index in [1.54, 1.807) is 0 Å². The number of pyridine rings is 2. The summed E-state index contributed by atoms with van der Waals surface area (Å²) in [5.41, 5.74) is 17.4. The van der Waals surface area contributed by atoms with Gasteiger partial charge in [-0.2, -0.15) is 0 Å². The second-order valence-electron chi connectivity index (χ2n) is 19.4. The fraction of sp³-hybridized carbons (Fsp3) is 0.167. The molecule has 5 aromatic heterocycles. The van der Waals surface area contributed by atoms with Crippen molar-refractivity contribution >= 4 is 80.6 Å². The number of aryl methyl sites for hydroxylation is 6. The summed E-state index contributed by atoms with van der Waals surface area (Å²) >= 11 is 1.84. The van der Waals surface area contributed by atoms with Gasteiger partial charge in [-0.1, -0.05) is 98.6 Å². The first-order valence-corrected chi connectivity index (χ1v) is 23.7. The Morgan fingerprint density at radius 2 is 1.15 bits per heavy atom. The van der Waals surface area contributed by atoms with E-state index in [0.717, 1.165) is 61.5 Å². The Morgan fingerprint density at radius 3 is 1.88 bits per heavy atom. The summed E-state index contributed by atoms with van der Waals surface area (Å²) in [4.78, 5) is 10.8. The lowest BCUT2D eigenvalue weighted by Gasteiger charge is -2.20. The van der Waals surface area contributed by atoms with E-state index in [-0.39, 0.29) is 5.41 Å². The summed E-state index contributed by atoms with van der Waals surface area (Å²) in [6.07, 6.45) is 1.95. The van der Waals surface area contributed by atoms with Gasteiger partial charge < -0.3 is 4.74 Å². The van der Waals surface area contributed by atoms with Crippen LogP contribution in [0.4, 0.5) is 0 Å². The van der Waals surface area contributed by atoms with Crippen molar-refractivity contribution < 1.29 is 4.74 Å². The molecule has 5 heterocycles. The molecule has 12 aromatic rings. The molecule has 0 spiro atoms. The normalized spacial score (nSPS) is 12.3. The van der Waals surface area contributed by atoms with E-state index in [9.17, 15) is 0 Å². The Balaban J connectivity index is 1.10. The van der Waals surface area contributed by atoms with Gasteiger partial charge in [-0.25, -0.2) is 9.97 Å². The molecule has 0 bridgehead atoms. The Kier molecular flexibility index (Phi) is 8.91. The zero-order valence-corrected chi connectivity index (χ0v) is 39.7. The van der Waals surface area contributed by atoms with Gasteiger partial charge in [-0.3, -0.25) is 8.97 Å². The van der Waals surface area contributed by atoms with Crippen LogP contribution >= 0.6 is 11.3 Å². The fourth-order valence-electron chi connectivity index (χ4n) is 11.0. The maximum atomic E-state index is 7.00. The van der Waals surface area contributed by atoms with Gasteiger partial charge in [0, 0.05) is 65.1 Å². The van der Waals surface area contributed by atoms with Crippen LogP contribution < -0.4 is 4.74 Å². The van der Waals surface area contributed by atoms with E-state index < -0.39 is 0 Å². The summed E-state index contributed by atoms with van der Waals surface area (Å²) < 4.78 is 14.3. The molecule has 0 aliphatic rings. The first-order chi connectivity index (χ1) is 31.8. The van der Waals surface area contributed by atoms with Crippen molar-refractivity contribution in [3.63, 3.8) is 0 Å². The molecule has 322 valence electrons. The first-order valence-electron chi connectivity index (χ1n) is 22.9. The number of nitrogens with zero attached hydrogens (tertiary/aromatic N) is 4. The van der Waals surface area contributed by atoms with E-state index in [1.807, 2.05) is 17.5 Å². The highest BCUT2D eigenvalue weighted by Gasteiger charge is 2.26. The lowest BCUT2D eigenvalue weighted by atomic mass is 9.88. The average Bonchev–Trinajstić information content (AvgIpc) is 3.95. The van der Waals surface area contributed by atoms with Gasteiger partial charge in [-0.15, -0.1) is 11.3 Å². The van der Waals surface area contributed by atoms with Crippen LogP contribution in [0.5, 0.6) is 11.5 Å². The molecule has 0 amide bonds. The molecule has 12 rings (SSSR count). The van der Waals surface area contributed by atoms with Crippen molar-refractivity contribution in [1.82, 2.24) is 18.9 Å². The van der Waals surface area contributed by atoms with Crippen molar-refractivity contribution in [2.45, 2.75) is 67.7 Å². The molecule has 0 radical (unpaired) electrons. The number of benzene rings is 7. The van der Waals surface area contributed by atoms with Crippen LogP contribution in [0.2, 0.25) is 0 Å². The number of rotatable bonds is 5. The molecule has 6 heteroatoms. The molecule has 0 N–H and O–H groups in total. The van der Waals surface area contributed by atoms with E-state index in [4.69, 9.17) is 14.7 Å². The molecular formula is C60H50N4OS. The van der Waals surface area contributed by atoms with Gasteiger partial charge in [0.25, 0.3) is 0 Å². The minimum atomic E-state index is -0.0477. The summed E-state index contributed by atoms with van der Waals surface area (Å²) in [6.45, 7) is 20.0. The summed E-state index contributed by atoms with van der Waals surface area (Å²) in [5.74, 6) is 2.39. The molecular weight excluding hydrogens is 825 g/mol. The minimum absolute atomic E-state index is 0.0477. The number of thiophene rings is 1. The second kappa shape index (κ2) is 14.6. The van der Waals surface area contributed by atoms with Crippen molar-refractivity contribution in [2.24, 2.45) is 0 Å². The highest BCUT2D eigenvalue weighted by atomic mass is 32.1. The largest absolute Gasteiger partial charge is 0.457 e. The van der Waals surface area contributed by atoms with Gasteiger partial charge in [0.1, 0.15) is 23.0 Å². The predicted molar refractivity (Wildman–Crippen MR) is 280 cm³/mol. The van der Waals surface area contributed by atoms with Crippen LogP contribution in [-0.2, 0) is 5.41 Å². The Labute approximate surface area is 388 Å². The van der Waals surface area contributed by atoms with Crippen LogP contribution in [0.3, 0.4) is 0 Å². The van der Waals surface area contributed by atoms with Crippen LogP contribution in [0.15, 0.2) is 140 Å². The molecule has 7 aromatic carbocycles. The molecule has 0 aliphatic heterocycles. The Hall–Kier alpha value is -7.28. The topological polar surface area (TPSA) is 44.3 Å². The molecule has 0 aliphatic carbocycles. The third-order valence-corrected chi connectivity index (χ3v) is 14.8. The molecule has 0 fully saturated rings. The van der Waals surface area contributed by atoms with Crippen molar-refractivity contribution in [1.29, 1.82) is 0 Å². The van der Waals surface area contributed by atoms with E-state index in [0.29, 0.717) is 0 Å². The average molecular weight is 875 g/mol. The third kappa shape index (κ3) is 6.11. The Bertz CT molecular complexity index is 3980. The quantitative estimate of drug-likeness (QED) is 0.162. The molecule has 0 saturated carbocycles. The monoisotopic (exact) mass is 874 g/mol. The Morgan fingerprint density at radius 1 is 0.530 bits per heavy atom. The molecule has 5 nitrogen and oxygen atoms in total. The number of aromatic nitrogens is 4. The third-order valence-electron chi connectivity index (χ3n) is 13.7. The lowest BCUT2D eigenvalue weighted by Crippen LogP contribution is -2.12. The van der Waals surface area contributed by atoms with E-state index in [2.05, 4.69) is 205 Å². The van der Waals surface area contributed by atoms with Gasteiger partial charge in [0.05, 0.1) is 27.9 Å². The number of ether oxygens (including phenoxy) is 1. The fourth-order valence-corrected chi connectivity index (χ4v) is 12.1. The zero-order valence-electron chi connectivity index (χ0n) is 38.9. The minimum Gasteiger partial charge on any atom is -0.457 e. The van der Waals surface area contributed by atoms with E-state index in [1.165, 1.54) is 86.5 Å².